The summed E-state index contributed by atoms with van der Waals surface area (Å²) in [5.41, 5.74) is 0.491. The minimum absolute atomic E-state index is 0.0733. The lowest BCUT2D eigenvalue weighted by Gasteiger charge is -2.03. The van der Waals surface area contributed by atoms with E-state index in [-0.39, 0.29) is 17.0 Å². The van der Waals surface area contributed by atoms with Gasteiger partial charge in [0.25, 0.3) is 5.69 Å². The van der Waals surface area contributed by atoms with Gasteiger partial charge < -0.3 is 0 Å². The standard InChI is InChI=1S/C10H9NO4/c1-6-3-10(11(14)15)8(5-12)4-9(6)7(2)13/h3-5H,1-2H3. The Morgan fingerprint density at radius 3 is 2.47 bits per heavy atom. The molecule has 0 unspecified atom stereocenters. The molecule has 0 saturated heterocycles. The number of nitrogens with zero attached hydrogens (tertiary/aromatic N) is 1. The fourth-order valence-electron chi connectivity index (χ4n) is 1.34. The van der Waals surface area contributed by atoms with Crippen molar-refractivity contribution in [3.8, 4) is 0 Å². The third-order valence-electron chi connectivity index (χ3n) is 2.08. The van der Waals surface area contributed by atoms with E-state index in [4.69, 9.17) is 0 Å². The number of hydrogen-bond donors (Lipinski definition) is 0. The Hall–Kier alpha value is -2.04. The smallest absolute Gasteiger partial charge is 0.280 e. The van der Waals surface area contributed by atoms with Crippen molar-refractivity contribution < 1.29 is 14.5 Å². The van der Waals surface area contributed by atoms with E-state index in [1.807, 2.05) is 0 Å². The molecular formula is C10H9NO4. The highest BCUT2D eigenvalue weighted by molar-refractivity contribution is 5.98. The van der Waals surface area contributed by atoms with E-state index < -0.39 is 4.92 Å². The van der Waals surface area contributed by atoms with Crippen LogP contribution in [-0.2, 0) is 0 Å². The van der Waals surface area contributed by atoms with Gasteiger partial charge in [-0.3, -0.25) is 19.7 Å². The number of carbonyl (C=O) groups is 2. The van der Waals surface area contributed by atoms with Gasteiger partial charge >= 0.3 is 0 Å². The van der Waals surface area contributed by atoms with E-state index >= 15 is 0 Å². The van der Waals surface area contributed by atoms with Crippen LogP contribution in [-0.4, -0.2) is 17.0 Å². The van der Waals surface area contributed by atoms with Gasteiger partial charge in [0.05, 0.1) is 10.5 Å². The number of hydrogen-bond acceptors (Lipinski definition) is 4. The predicted molar refractivity (Wildman–Crippen MR) is 53.2 cm³/mol. The third-order valence-corrected chi connectivity index (χ3v) is 2.08. The summed E-state index contributed by atoms with van der Waals surface area (Å²) in [7, 11) is 0. The molecule has 78 valence electrons. The van der Waals surface area contributed by atoms with Crippen LogP contribution in [0.3, 0.4) is 0 Å². The van der Waals surface area contributed by atoms with Gasteiger partial charge in [0.2, 0.25) is 0 Å². The van der Waals surface area contributed by atoms with Gasteiger partial charge in [-0.15, -0.1) is 0 Å². The van der Waals surface area contributed by atoms with E-state index in [2.05, 4.69) is 0 Å². The molecule has 0 N–H and O–H groups in total. The van der Waals surface area contributed by atoms with Crippen LogP contribution in [0.4, 0.5) is 5.69 Å². The zero-order chi connectivity index (χ0) is 11.6. The Kier molecular flexibility index (Phi) is 2.94. The molecule has 0 fully saturated rings. The number of nitro groups is 1. The van der Waals surface area contributed by atoms with Gasteiger partial charge in [0.15, 0.2) is 12.1 Å². The fraction of sp³-hybridized carbons (Fsp3) is 0.200. The molecule has 0 aliphatic rings. The van der Waals surface area contributed by atoms with Crippen molar-refractivity contribution in [3.63, 3.8) is 0 Å². The largest absolute Gasteiger partial charge is 0.298 e. The Balaban J connectivity index is 3.48. The molecule has 1 aromatic carbocycles. The average Bonchev–Trinajstić information content (AvgIpc) is 2.16. The summed E-state index contributed by atoms with van der Waals surface area (Å²) >= 11 is 0. The summed E-state index contributed by atoms with van der Waals surface area (Å²) in [5, 5.41) is 10.6. The van der Waals surface area contributed by atoms with Crippen LogP contribution in [0.5, 0.6) is 0 Å². The molecule has 0 saturated carbocycles. The molecule has 5 nitrogen and oxygen atoms in total. The van der Waals surface area contributed by atoms with Gasteiger partial charge in [0.1, 0.15) is 0 Å². The summed E-state index contributed by atoms with van der Waals surface area (Å²) in [6, 6.07) is 2.49. The lowest BCUT2D eigenvalue weighted by Crippen LogP contribution is -2.02. The predicted octanol–water partition coefficient (Wildman–Crippen LogP) is 1.92. The number of carbonyl (C=O) groups excluding carboxylic acids is 2. The molecule has 0 radical (unpaired) electrons. The number of aryl methyl sites for hydroxylation is 1. The van der Waals surface area contributed by atoms with Crippen molar-refractivity contribution in [2.45, 2.75) is 13.8 Å². The summed E-state index contributed by atoms with van der Waals surface area (Å²) in [6.07, 6.45) is 0.379. The molecule has 1 aromatic rings. The van der Waals surface area contributed by atoms with Gasteiger partial charge in [-0.2, -0.15) is 0 Å². The number of aldehydes is 1. The molecule has 1 rings (SSSR count). The minimum Gasteiger partial charge on any atom is -0.298 e. The number of ketones is 1. The Morgan fingerprint density at radius 2 is 2.07 bits per heavy atom. The highest BCUT2D eigenvalue weighted by Crippen LogP contribution is 2.22. The Labute approximate surface area is 85.9 Å². The second-order valence-corrected chi connectivity index (χ2v) is 3.16. The second kappa shape index (κ2) is 4.00. The van der Waals surface area contributed by atoms with Crippen molar-refractivity contribution in [1.29, 1.82) is 0 Å². The monoisotopic (exact) mass is 207 g/mol. The van der Waals surface area contributed by atoms with Crippen LogP contribution in [0.2, 0.25) is 0 Å². The first-order chi connectivity index (χ1) is 6.97. The van der Waals surface area contributed by atoms with Gasteiger partial charge in [-0.05, 0) is 25.5 Å². The van der Waals surface area contributed by atoms with Gasteiger partial charge in [-0.25, -0.2) is 0 Å². The number of Topliss-reactive ketones (excluding diaryl/α,β-unsaturated/α-hetero) is 1. The molecule has 0 amide bonds. The zero-order valence-electron chi connectivity index (χ0n) is 8.31. The maximum Gasteiger partial charge on any atom is 0.280 e. The van der Waals surface area contributed by atoms with Crippen LogP contribution in [0, 0.1) is 17.0 Å². The Morgan fingerprint density at radius 1 is 1.47 bits per heavy atom. The molecule has 0 heterocycles. The molecular weight excluding hydrogens is 198 g/mol. The van der Waals surface area contributed by atoms with Crippen molar-refractivity contribution in [1.82, 2.24) is 0 Å². The lowest BCUT2D eigenvalue weighted by atomic mass is 10.0. The van der Waals surface area contributed by atoms with E-state index in [0.29, 0.717) is 17.4 Å². The molecule has 15 heavy (non-hydrogen) atoms. The number of rotatable bonds is 3. The highest BCUT2D eigenvalue weighted by Gasteiger charge is 2.17. The maximum absolute atomic E-state index is 11.1. The van der Waals surface area contributed by atoms with E-state index in [0.717, 1.165) is 0 Å². The number of nitro benzene ring substituents is 1. The molecule has 0 bridgehead atoms. The van der Waals surface area contributed by atoms with Crippen LogP contribution in [0.1, 0.15) is 33.2 Å². The summed E-state index contributed by atoms with van der Waals surface area (Å²) in [6.45, 7) is 2.95. The summed E-state index contributed by atoms with van der Waals surface area (Å²) in [4.78, 5) is 31.7. The van der Waals surface area contributed by atoms with Crippen molar-refractivity contribution in [2.24, 2.45) is 0 Å². The first-order valence-electron chi connectivity index (χ1n) is 4.22. The first kappa shape index (κ1) is 11.0. The molecule has 0 aliphatic heterocycles. The SMILES string of the molecule is CC(=O)c1cc(C=O)c([N+](=O)[O-])cc1C. The van der Waals surface area contributed by atoms with Crippen LogP contribution in [0.15, 0.2) is 12.1 Å². The minimum atomic E-state index is -0.638. The van der Waals surface area contributed by atoms with E-state index in [1.165, 1.54) is 19.1 Å². The average molecular weight is 207 g/mol. The Bertz CT molecular complexity index is 451. The number of benzene rings is 1. The topological polar surface area (TPSA) is 77.3 Å². The van der Waals surface area contributed by atoms with Crippen molar-refractivity contribution in [2.75, 3.05) is 0 Å². The van der Waals surface area contributed by atoms with Crippen LogP contribution < -0.4 is 0 Å². The summed E-state index contributed by atoms with van der Waals surface area (Å²) in [5.74, 6) is -0.217. The zero-order valence-corrected chi connectivity index (χ0v) is 8.31. The van der Waals surface area contributed by atoms with Crippen molar-refractivity contribution in [3.05, 3.63) is 38.9 Å². The van der Waals surface area contributed by atoms with Crippen LogP contribution >= 0.6 is 0 Å². The lowest BCUT2D eigenvalue weighted by molar-refractivity contribution is -0.385. The normalized spacial score (nSPS) is 9.73. The molecule has 0 spiro atoms. The molecule has 0 aromatic heterocycles. The fourth-order valence-corrected chi connectivity index (χ4v) is 1.34. The van der Waals surface area contributed by atoms with E-state index in [9.17, 15) is 19.7 Å². The highest BCUT2D eigenvalue weighted by atomic mass is 16.6. The maximum atomic E-state index is 11.1. The van der Waals surface area contributed by atoms with Crippen molar-refractivity contribution >= 4 is 17.8 Å². The first-order valence-corrected chi connectivity index (χ1v) is 4.22. The second-order valence-electron chi connectivity index (χ2n) is 3.16. The van der Waals surface area contributed by atoms with Crippen LogP contribution in [0.25, 0.3) is 0 Å². The third kappa shape index (κ3) is 2.07. The molecule has 0 aliphatic carbocycles. The van der Waals surface area contributed by atoms with Gasteiger partial charge in [0, 0.05) is 11.6 Å². The molecule has 0 atom stereocenters. The quantitative estimate of drug-likeness (QED) is 0.328. The van der Waals surface area contributed by atoms with E-state index in [1.54, 1.807) is 6.92 Å². The summed E-state index contributed by atoms with van der Waals surface area (Å²) < 4.78 is 0. The molecule has 5 heteroatoms. The van der Waals surface area contributed by atoms with Gasteiger partial charge in [-0.1, -0.05) is 0 Å².